The van der Waals surface area contributed by atoms with E-state index in [2.05, 4.69) is 28.3 Å². The maximum absolute atomic E-state index is 12.9. The number of hydrogen-bond donors (Lipinski definition) is 0. The maximum Gasteiger partial charge on any atom is 0.416 e. The molecule has 0 spiro atoms. The molecule has 0 bridgehead atoms. The van der Waals surface area contributed by atoms with Crippen LogP contribution in [0.4, 0.5) is 18.3 Å². The molecule has 138 valence electrons. The van der Waals surface area contributed by atoms with Crippen LogP contribution in [0.3, 0.4) is 0 Å². The zero-order valence-corrected chi connectivity index (χ0v) is 15.6. The van der Waals surface area contributed by atoms with Crippen LogP contribution in [0.1, 0.15) is 42.5 Å². The van der Waals surface area contributed by atoms with Gasteiger partial charge in [0.05, 0.1) is 28.0 Å². The number of hydrogen-bond acceptors (Lipinski definition) is 4. The molecular weight excluding hydrogens is 361 g/mol. The van der Waals surface area contributed by atoms with Crippen LogP contribution in [0.15, 0.2) is 18.2 Å². The van der Waals surface area contributed by atoms with E-state index in [4.69, 9.17) is 4.98 Å². The lowest BCUT2D eigenvalue weighted by Crippen LogP contribution is -2.30. The van der Waals surface area contributed by atoms with Gasteiger partial charge in [-0.1, -0.05) is 25.2 Å². The van der Waals surface area contributed by atoms with Crippen molar-refractivity contribution in [3.63, 3.8) is 0 Å². The third-order valence-electron chi connectivity index (χ3n) is 4.78. The minimum Gasteiger partial charge on any atom is -0.342 e. The van der Waals surface area contributed by atoms with Gasteiger partial charge in [-0.3, -0.25) is 0 Å². The highest BCUT2D eigenvalue weighted by Crippen LogP contribution is 2.36. The summed E-state index contributed by atoms with van der Waals surface area (Å²) in [5.74, 6) is 1.42. The van der Waals surface area contributed by atoms with Gasteiger partial charge >= 0.3 is 6.18 Å². The van der Waals surface area contributed by atoms with E-state index in [1.54, 1.807) is 0 Å². The van der Waals surface area contributed by atoms with Crippen LogP contribution in [0.25, 0.3) is 10.2 Å². The summed E-state index contributed by atoms with van der Waals surface area (Å²) in [6.07, 6.45) is -3.49. The zero-order valence-electron chi connectivity index (χ0n) is 14.8. The van der Waals surface area contributed by atoms with Gasteiger partial charge in [0.1, 0.15) is 5.82 Å². The third-order valence-corrected chi connectivity index (χ3v) is 5.88. The molecular formula is C18H19F3N4S. The van der Waals surface area contributed by atoms with Crippen molar-refractivity contribution < 1.29 is 13.2 Å². The lowest BCUT2D eigenvalue weighted by atomic mass is 10.1. The normalized spacial score (nSPS) is 15.1. The third kappa shape index (κ3) is 2.86. The number of benzene rings is 1. The predicted octanol–water partition coefficient (Wildman–Crippen LogP) is 4.73. The molecule has 26 heavy (non-hydrogen) atoms. The highest BCUT2D eigenvalue weighted by molar-refractivity contribution is 7.22. The Morgan fingerprint density at radius 3 is 2.65 bits per heavy atom. The molecule has 0 saturated carbocycles. The SMILES string of the molecule is CC(C)c1nc2c(n1C)CCN(c1nc3cc(C(F)(F)F)ccc3s1)C2. The molecule has 0 amide bonds. The van der Waals surface area contributed by atoms with E-state index in [1.807, 2.05) is 7.05 Å². The summed E-state index contributed by atoms with van der Waals surface area (Å²) in [5, 5.41) is 0.752. The highest BCUT2D eigenvalue weighted by Gasteiger charge is 2.31. The molecule has 0 N–H and O–H groups in total. The fourth-order valence-corrected chi connectivity index (χ4v) is 4.43. The molecule has 1 aromatic carbocycles. The van der Waals surface area contributed by atoms with E-state index in [0.29, 0.717) is 18.0 Å². The average molecular weight is 380 g/mol. The second-order valence-corrected chi connectivity index (χ2v) is 7.93. The summed E-state index contributed by atoms with van der Waals surface area (Å²) in [5.41, 5.74) is 2.02. The minimum absolute atomic E-state index is 0.349. The van der Waals surface area contributed by atoms with Crippen LogP contribution >= 0.6 is 11.3 Å². The molecule has 4 nitrogen and oxygen atoms in total. The molecule has 4 rings (SSSR count). The van der Waals surface area contributed by atoms with Crippen LogP contribution in [-0.2, 0) is 26.2 Å². The highest BCUT2D eigenvalue weighted by atomic mass is 32.1. The number of thiazole rings is 1. The van der Waals surface area contributed by atoms with Crippen LogP contribution in [0.2, 0.25) is 0 Å². The average Bonchev–Trinajstić information content (AvgIpc) is 3.14. The summed E-state index contributed by atoms with van der Waals surface area (Å²) in [7, 11) is 2.05. The van der Waals surface area contributed by atoms with Gasteiger partial charge in [0, 0.05) is 31.6 Å². The predicted molar refractivity (Wildman–Crippen MR) is 96.7 cm³/mol. The summed E-state index contributed by atoms with van der Waals surface area (Å²) >= 11 is 1.43. The number of alkyl halides is 3. The van der Waals surface area contributed by atoms with Crippen LogP contribution < -0.4 is 4.90 Å². The maximum atomic E-state index is 12.9. The number of rotatable bonds is 2. The zero-order chi connectivity index (χ0) is 18.6. The standard InChI is InChI=1S/C18H19F3N4S/c1-10(2)16-22-13-9-25(7-6-14(13)24(16)3)17-23-12-8-11(18(19,20)21)4-5-15(12)26-17/h4-5,8,10H,6-7,9H2,1-3H3. The fourth-order valence-electron chi connectivity index (χ4n) is 3.46. The molecule has 0 radical (unpaired) electrons. The van der Waals surface area contributed by atoms with Crippen LogP contribution in [-0.4, -0.2) is 21.1 Å². The molecule has 1 aliphatic rings. The van der Waals surface area contributed by atoms with Crippen LogP contribution in [0.5, 0.6) is 0 Å². The van der Waals surface area contributed by atoms with Gasteiger partial charge in [-0.2, -0.15) is 13.2 Å². The van der Waals surface area contributed by atoms with Gasteiger partial charge in [0.15, 0.2) is 5.13 Å². The number of nitrogens with zero attached hydrogens (tertiary/aromatic N) is 4. The van der Waals surface area contributed by atoms with Gasteiger partial charge in [0.2, 0.25) is 0 Å². The number of halogens is 3. The quantitative estimate of drug-likeness (QED) is 0.644. The first-order chi connectivity index (χ1) is 12.2. The Hall–Kier alpha value is -2.09. The first-order valence-electron chi connectivity index (χ1n) is 8.51. The Morgan fingerprint density at radius 2 is 1.96 bits per heavy atom. The van der Waals surface area contributed by atoms with E-state index in [9.17, 15) is 13.2 Å². The molecule has 0 saturated heterocycles. The molecule has 0 aliphatic carbocycles. The van der Waals surface area contributed by atoms with Crippen molar-refractivity contribution in [2.75, 3.05) is 11.4 Å². The Morgan fingerprint density at radius 1 is 1.19 bits per heavy atom. The van der Waals surface area contributed by atoms with Gasteiger partial charge in [-0.05, 0) is 18.2 Å². The van der Waals surface area contributed by atoms with Crippen LogP contribution in [0, 0.1) is 0 Å². The summed E-state index contributed by atoms with van der Waals surface area (Å²) < 4.78 is 41.6. The number of aromatic nitrogens is 3. The van der Waals surface area contributed by atoms with Crippen molar-refractivity contribution in [1.82, 2.24) is 14.5 Å². The van der Waals surface area contributed by atoms with E-state index in [1.165, 1.54) is 23.1 Å². The first kappa shape index (κ1) is 17.3. The van der Waals surface area contributed by atoms with E-state index in [-0.39, 0.29) is 0 Å². The minimum atomic E-state index is -4.35. The second kappa shape index (κ2) is 5.97. The summed E-state index contributed by atoms with van der Waals surface area (Å²) in [6.45, 7) is 5.67. The first-order valence-corrected chi connectivity index (χ1v) is 9.33. The topological polar surface area (TPSA) is 34.0 Å². The fraction of sp³-hybridized carbons (Fsp3) is 0.444. The summed E-state index contributed by atoms with van der Waals surface area (Å²) in [6, 6.07) is 3.75. The van der Waals surface area contributed by atoms with Crippen molar-refractivity contribution in [2.45, 2.75) is 38.9 Å². The number of anilines is 1. The Kier molecular flexibility index (Phi) is 3.98. The Bertz CT molecular complexity index is 971. The lowest BCUT2D eigenvalue weighted by Gasteiger charge is -2.26. The van der Waals surface area contributed by atoms with Crippen molar-refractivity contribution >= 4 is 26.7 Å². The van der Waals surface area contributed by atoms with Gasteiger partial charge < -0.3 is 9.47 Å². The van der Waals surface area contributed by atoms with E-state index in [0.717, 1.165) is 46.4 Å². The summed E-state index contributed by atoms with van der Waals surface area (Å²) in [4.78, 5) is 11.3. The molecule has 1 aliphatic heterocycles. The van der Waals surface area contributed by atoms with E-state index < -0.39 is 11.7 Å². The van der Waals surface area contributed by atoms with Gasteiger partial charge in [-0.15, -0.1) is 0 Å². The second-order valence-electron chi connectivity index (χ2n) is 6.93. The number of fused-ring (bicyclic) bond motifs is 2. The Labute approximate surface area is 153 Å². The molecule has 3 heterocycles. The van der Waals surface area contributed by atoms with Gasteiger partial charge in [0.25, 0.3) is 0 Å². The smallest absolute Gasteiger partial charge is 0.342 e. The molecule has 0 fully saturated rings. The largest absolute Gasteiger partial charge is 0.416 e. The van der Waals surface area contributed by atoms with Gasteiger partial charge in [-0.25, -0.2) is 9.97 Å². The molecule has 3 aromatic rings. The lowest BCUT2D eigenvalue weighted by molar-refractivity contribution is -0.137. The molecule has 0 atom stereocenters. The molecule has 2 aromatic heterocycles. The van der Waals surface area contributed by atoms with E-state index >= 15 is 0 Å². The van der Waals surface area contributed by atoms with Crippen molar-refractivity contribution in [2.24, 2.45) is 7.05 Å². The molecule has 8 heteroatoms. The Balaban J connectivity index is 1.65. The van der Waals surface area contributed by atoms with Crippen molar-refractivity contribution in [1.29, 1.82) is 0 Å². The van der Waals surface area contributed by atoms with Crippen molar-refractivity contribution in [3.8, 4) is 0 Å². The van der Waals surface area contributed by atoms with Crippen molar-refractivity contribution in [3.05, 3.63) is 41.0 Å². The monoisotopic (exact) mass is 380 g/mol. The molecule has 0 unspecified atom stereocenters. The number of imidazole rings is 1.